The fraction of sp³-hybridized carbons (Fsp3) is 0.200. The van der Waals surface area contributed by atoms with Gasteiger partial charge >= 0.3 is 0 Å². The Hall–Kier alpha value is -1.39. The highest BCUT2D eigenvalue weighted by Gasteiger charge is 2.04. The van der Waals surface area contributed by atoms with Crippen molar-refractivity contribution in [1.29, 1.82) is 0 Å². The van der Waals surface area contributed by atoms with Crippen LogP contribution in [0.2, 0.25) is 0 Å². The van der Waals surface area contributed by atoms with Crippen LogP contribution in [0.3, 0.4) is 0 Å². The molecule has 2 rings (SSSR count). The van der Waals surface area contributed by atoms with Crippen molar-refractivity contribution >= 4 is 15.9 Å². The number of rotatable bonds is 5. The van der Waals surface area contributed by atoms with Gasteiger partial charge in [0.2, 0.25) is 0 Å². The number of ether oxygens (including phenoxy) is 1. The molecule has 4 heteroatoms. The lowest BCUT2D eigenvalue weighted by Crippen LogP contribution is -2.05. The van der Waals surface area contributed by atoms with E-state index >= 15 is 0 Å². The largest absolute Gasteiger partial charge is 0.489 e. The average molecular weight is 324 g/mol. The van der Waals surface area contributed by atoms with Gasteiger partial charge in [0.05, 0.1) is 0 Å². The summed E-state index contributed by atoms with van der Waals surface area (Å²) in [6.45, 7) is 0.907. The lowest BCUT2D eigenvalue weighted by atomic mass is 10.1. The molecule has 0 aliphatic carbocycles. The van der Waals surface area contributed by atoms with Gasteiger partial charge in [-0.25, -0.2) is 4.39 Å². The minimum absolute atomic E-state index is 0.275. The number of benzene rings is 2. The molecule has 0 spiro atoms. The molecule has 0 heterocycles. The van der Waals surface area contributed by atoms with Gasteiger partial charge in [-0.05, 0) is 48.4 Å². The minimum Gasteiger partial charge on any atom is -0.489 e. The van der Waals surface area contributed by atoms with Crippen LogP contribution in [0.1, 0.15) is 11.1 Å². The van der Waals surface area contributed by atoms with Crippen LogP contribution in [0.25, 0.3) is 0 Å². The number of halogens is 2. The van der Waals surface area contributed by atoms with Crippen molar-refractivity contribution in [1.82, 2.24) is 0 Å². The van der Waals surface area contributed by atoms with Gasteiger partial charge in [-0.3, -0.25) is 0 Å². The summed E-state index contributed by atoms with van der Waals surface area (Å²) in [6, 6.07) is 12.5. The molecule has 0 saturated heterocycles. The molecular weight excluding hydrogens is 309 g/mol. The van der Waals surface area contributed by atoms with E-state index in [9.17, 15) is 4.39 Å². The van der Waals surface area contributed by atoms with Crippen molar-refractivity contribution in [2.75, 3.05) is 6.54 Å². The van der Waals surface area contributed by atoms with Gasteiger partial charge in [-0.2, -0.15) is 0 Å². The number of hydrogen-bond donors (Lipinski definition) is 1. The highest BCUT2D eigenvalue weighted by atomic mass is 79.9. The van der Waals surface area contributed by atoms with E-state index in [1.165, 1.54) is 12.1 Å². The number of nitrogens with two attached hydrogens (primary N) is 1. The lowest BCUT2D eigenvalue weighted by Gasteiger charge is -2.11. The molecule has 2 nitrogen and oxygen atoms in total. The zero-order chi connectivity index (χ0) is 13.7. The molecule has 0 unspecified atom stereocenters. The van der Waals surface area contributed by atoms with Gasteiger partial charge in [0.25, 0.3) is 0 Å². The second-order valence-corrected chi connectivity index (χ2v) is 5.13. The Kier molecular flexibility index (Phi) is 4.93. The summed E-state index contributed by atoms with van der Waals surface area (Å²) in [4.78, 5) is 0. The van der Waals surface area contributed by atoms with Crippen molar-refractivity contribution in [2.24, 2.45) is 5.73 Å². The Morgan fingerprint density at radius 1 is 1.16 bits per heavy atom. The van der Waals surface area contributed by atoms with Gasteiger partial charge in [-0.1, -0.05) is 34.1 Å². The molecular formula is C15H15BrFNO. The fourth-order valence-electron chi connectivity index (χ4n) is 1.86. The maximum Gasteiger partial charge on any atom is 0.124 e. The van der Waals surface area contributed by atoms with E-state index in [4.69, 9.17) is 10.5 Å². The Labute approximate surface area is 120 Å². The third-order valence-corrected chi connectivity index (χ3v) is 3.16. The molecule has 0 aliphatic heterocycles. The van der Waals surface area contributed by atoms with Gasteiger partial charge < -0.3 is 10.5 Å². The van der Waals surface area contributed by atoms with Crippen molar-refractivity contribution in [2.45, 2.75) is 13.0 Å². The smallest absolute Gasteiger partial charge is 0.124 e. The molecule has 0 bridgehead atoms. The lowest BCUT2D eigenvalue weighted by molar-refractivity contribution is 0.302. The van der Waals surface area contributed by atoms with E-state index < -0.39 is 0 Å². The quantitative estimate of drug-likeness (QED) is 0.911. The first kappa shape index (κ1) is 14.0. The van der Waals surface area contributed by atoms with E-state index in [0.717, 1.165) is 23.3 Å². The first-order valence-corrected chi connectivity index (χ1v) is 6.84. The van der Waals surface area contributed by atoms with Gasteiger partial charge in [0, 0.05) is 4.47 Å². The van der Waals surface area contributed by atoms with Crippen LogP contribution >= 0.6 is 15.9 Å². The molecule has 0 radical (unpaired) electrons. The summed E-state index contributed by atoms with van der Waals surface area (Å²) in [7, 11) is 0. The maximum absolute atomic E-state index is 13.3. The van der Waals surface area contributed by atoms with Crippen LogP contribution in [0.5, 0.6) is 5.75 Å². The van der Waals surface area contributed by atoms with E-state index in [0.29, 0.717) is 17.6 Å². The van der Waals surface area contributed by atoms with Crippen LogP contribution in [0, 0.1) is 5.82 Å². The van der Waals surface area contributed by atoms with E-state index in [-0.39, 0.29) is 5.82 Å². The Balaban J connectivity index is 2.09. The Morgan fingerprint density at radius 3 is 2.68 bits per heavy atom. The third kappa shape index (κ3) is 4.04. The summed E-state index contributed by atoms with van der Waals surface area (Å²) in [5, 5.41) is 0. The molecule has 0 fully saturated rings. The SMILES string of the molecule is NCCc1ccccc1OCc1cc(F)cc(Br)c1. The van der Waals surface area contributed by atoms with E-state index in [2.05, 4.69) is 15.9 Å². The average Bonchev–Trinajstić information content (AvgIpc) is 2.37. The summed E-state index contributed by atoms with van der Waals surface area (Å²) >= 11 is 3.27. The fourth-order valence-corrected chi connectivity index (χ4v) is 2.37. The third-order valence-electron chi connectivity index (χ3n) is 2.70. The van der Waals surface area contributed by atoms with Gasteiger partial charge in [-0.15, -0.1) is 0 Å². The van der Waals surface area contributed by atoms with Crippen LogP contribution in [-0.4, -0.2) is 6.54 Å². The van der Waals surface area contributed by atoms with Crippen molar-refractivity contribution < 1.29 is 9.13 Å². The molecule has 0 saturated carbocycles. The highest BCUT2D eigenvalue weighted by Crippen LogP contribution is 2.21. The standard InChI is InChI=1S/C15H15BrFNO/c16-13-7-11(8-14(17)9-13)10-19-15-4-2-1-3-12(15)5-6-18/h1-4,7-9H,5-6,10,18H2. The van der Waals surface area contributed by atoms with E-state index in [1.54, 1.807) is 0 Å². The van der Waals surface area contributed by atoms with Crippen LogP contribution in [-0.2, 0) is 13.0 Å². The molecule has 2 aromatic rings. The van der Waals surface area contributed by atoms with Gasteiger partial charge in [0.1, 0.15) is 18.2 Å². The first-order chi connectivity index (χ1) is 9.19. The highest BCUT2D eigenvalue weighted by molar-refractivity contribution is 9.10. The van der Waals surface area contributed by atoms with Crippen molar-refractivity contribution in [3.05, 3.63) is 63.9 Å². The second kappa shape index (κ2) is 6.68. The first-order valence-electron chi connectivity index (χ1n) is 6.05. The predicted octanol–water partition coefficient (Wildman–Crippen LogP) is 3.67. The van der Waals surface area contributed by atoms with Crippen LogP contribution in [0.4, 0.5) is 4.39 Å². The van der Waals surface area contributed by atoms with E-state index in [1.807, 2.05) is 30.3 Å². The molecule has 0 aliphatic rings. The monoisotopic (exact) mass is 323 g/mol. The second-order valence-electron chi connectivity index (χ2n) is 4.21. The summed E-state index contributed by atoms with van der Waals surface area (Å²) in [5.41, 5.74) is 7.42. The predicted molar refractivity (Wildman–Crippen MR) is 77.6 cm³/mol. The van der Waals surface area contributed by atoms with Gasteiger partial charge in [0.15, 0.2) is 0 Å². The maximum atomic E-state index is 13.3. The molecule has 2 aromatic carbocycles. The van der Waals surface area contributed by atoms with Crippen LogP contribution in [0.15, 0.2) is 46.9 Å². The minimum atomic E-state index is -0.275. The molecule has 19 heavy (non-hydrogen) atoms. The molecule has 2 N–H and O–H groups in total. The van der Waals surface area contributed by atoms with Crippen LogP contribution < -0.4 is 10.5 Å². The summed E-state index contributed by atoms with van der Waals surface area (Å²) < 4.78 is 19.7. The Morgan fingerprint density at radius 2 is 1.95 bits per heavy atom. The molecule has 0 atom stereocenters. The van der Waals surface area contributed by atoms with Crippen molar-refractivity contribution in [3.63, 3.8) is 0 Å². The number of para-hydroxylation sites is 1. The number of hydrogen-bond acceptors (Lipinski definition) is 2. The van der Waals surface area contributed by atoms with Crippen molar-refractivity contribution in [3.8, 4) is 5.75 Å². The summed E-state index contributed by atoms with van der Waals surface area (Å²) in [5.74, 6) is 0.525. The zero-order valence-electron chi connectivity index (χ0n) is 10.4. The molecule has 100 valence electrons. The Bertz CT molecular complexity index is 539. The topological polar surface area (TPSA) is 35.2 Å². The zero-order valence-corrected chi connectivity index (χ0v) is 12.0. The molecule has 0 aromatic heterocycles. The summed E-state index contributed by atoms with van der Waals surface area (Å²) in [6.07, 6.45) is 0.767. The molecule has 0 amide bonds. The normalized spacial score (nSPS) is 10.5.